The fourth-order valence-corrected chi connectivity index (χ4v) is 7.44. The van der Waals surface area contributed by atoms with Crippen molar-refractivity contribution in [2.75, 3.05) is 0 Å². The Morgan fingerprint density at radius 2 is 1.62 bits per heavy atom. The van der Waals surface area contributed by atoms with Gasteiger partial charge in [-0.1, -0.05) is 51.6 Å². The summed E-state index contributed by atoms with van der Waals surface area (Å²) in [5.74, 6) is 0. The molecule has 0 nitrogen and oxygen atoms in total. The van der Waals surface area contributed by atoms with Crippen LogP contribution in [0.4, 0.5) is 0 Å². The zero-order valence-corrected chi connectivity index (χ0v) is 11.7. The van der Waals surface area contributed by atoms with Gasteiger partial charge in [0.1, 0.15) is 0 Å². The molecule has 0 aliphatic rings. The minimum atomic E-state index is -1.35. The Hall–Kier alpha value is -0.913. The summed E-state index contributed by atoms with van der Waals surface area (Å²) in [7, 11) is -0.432. The smallest absolute Gasteiger partial charge is 0.0832 e. The highest BCUT2D eigenvalue weighted by atomic mass is 31.3. The molecule has 0 heterocycles. The number of rotatable bonds is 3. The van der Waals surface area contributed by atoms with E-state index in [4.69, 9.17) is 0 Å². The Kier molecular flexibility index (Phi) is 3.58. The molecule has 2 rings (SSSR count). The monoisotopic (exact) mass is 243 g/mol. The van der Waals surface area contributed by atoms with E-state index in [1.54, 1.807) is 0 Å². The van der Waals surface area contributed by atoms with E-state index in [1.807, 2.05) is 12.1 Å². The van der Waals surface area contributed by atoms with Gasteiger partial charge < -0.3 is 0 Å². The van der Waals surface area contributed by atoms with Crippen LogP contribution in [0.5, 0.6) is 0 Å². The van der Waals surface area contributed by atoms with Gasteiger partial charge in [0.15, 0.2) is 0 Å². The Labute approximate surface area is 100 Å². The van der Waals surface area contributed by atoms with Gasteiger partial charge >= 0.3 is 0 Å². The van der Waals surface area contributed by atoms with Crippen molar-refractivity contribution in [3.05, 3.63) is 60.7 Å². The second kappa shape index (κ2) is 4.95. The van der Waals surface area contributed by atoms with Crippen molar-refractivity contribution in [2.24, 2.45) is 0 Å². The van der Waals surface area contributed by atoms with Crippen LogP contribution in [0.3, 0.4) is 0 Å². The summed E-state index contributed by atoms with van der Waals surface area (Å²) < 4.78 is 0. The Balaban J connectivity index is 2.21. The van der Waals surface area contributed by atoms with Crippen LogP contribution in [0.25, 0.3) is 0 Å². The van der Waals surface area contributed by atoms with E-state index in [9.17, 15) is 0 Å². The molecule has 0 spiro atoms. The molecule has 82 valence electrons. The maximum Gasteiger partial charge on any atom is 0.0832 e. The van der Waals surface area contributed by atoms with Gasteiger partial charge in [0.25, 0.3) is 0 Å². The van der Waals surface area contributed by atoms with Crippen molar-refractivity contribution in [2.45, 2.75) is 13.1 Å². The lowest BCUT2D eigenvalue weighted by Crippen LogP contribution is -2.38. The molecule has 0 aliphatic carbocycles. The van der Waals surface area contributed by atoms with Gasteiger partial charge in [-0.15, -0.1) is 0 Å². The molecule has 0 bridgehead atoms. The molecule has 16 heavy (non-hydrogen) atoms. The zero-order valence-electron chi connectivity index (χ0n) is 9.70. The first-order valence-electron chi connectivity index (χ1n) is 5.49. The molecule has 2 aromatic rings. The molecule has 0 aromatic heterocycles. The van der Waals surface area contributed by atoms with Crippen LogP contribution in [-0.2, 0) is 0 Å². The Morgan fingerprint density at radius 3 is 2.25 bits per heavy atom. The third kappa shape index (κ3) is 2.81. The third-order valence-corrected chi connectivity index (χ3v) is 9.07. The average Bonchev–Trinajstić information content (AvgIpc) is 2.31. The topological polar surface area (TPSA) is 0 Å². The minimum absolute atomic E-state index is 0.916. The summed E-state index contributed by atoms with van der Waals surface area (Å²) >= 11 is 0. The van der Waals surface area contributed by atoms with Crippen LogP contribution in [0.2, 0.25) is 13.1 Å². The van der Waals surface area contributed by atoms with Gasteiger partial charge in [-0.05, 0) is 5.30 Å². The van der Waals surface area contributed by atoms with Crippen molar-refractivity contribution < 1.29 is 0 Å². The Morgan fingerprint density at radius 1 is 0.938 bits per heavy atom. The first kappa shape index (κ1) is 11.6. The first-order chi connectivity index (χ1) is 7.68. The molecule has 0 saturated heterocycles. The van der Waals surface area contributed by atoms with E-state index < -0.39 is 7.74 Å². The molecule has 2 aromatic carbocycles. The van der Waals surface area contributed by atoms with Crippen LogP contribution in [0.1, 0.15) is 0 Å². The lowest BCUT2D eigenvalue weighted by molar-refractivity contribution is 1.72. The molecular weight excluding hydrogens is 227 g/mol. The van der Waals surface area contributed by atoms with Crippen molar-refractivity contribution in [3.8, 4) is 0 Å². The summed E-state index contributed by atoms with van der Waals surface area (Å²) in [6, 6.07) is 22.6. The normalized spacial score (nSPS) is 12.1. The van der Waals surface area contributed by atoms with E-state index in [0.29, 0.717) is 0 Å². The largest absolute Gasteiger partial charge is 0.184 e. The van der Waals surface area contributed by atoms with Crippen LogP contribution >= 0.6 is 8.13 Å². The third-order valence-electron chi connectivity index (χ3n) is 2.61. The van der Waals surface area contributed by atoms with Gasteiger partial charge in [0.2, 0.25) is 0 Å². The number of hydrogen-bond acceptors (Lipinski definition) is 0. The quantitative estimate of drug-likeness (QED) is 0.442. The minimum Gasteiger partial charge on any atom is -0.184 e. The molecule has 1 unspecified atom stereocenters. The molecule has 0 amide bonds. The maximum absolute atomic E-state index is 3.40. The van der Waals surface area contributed by atoms with E-state index in [0.717, 1.165) is 8.13 Å². The van der Waals surface area contributed by atoms with Gasteiger partial charge in [-0.2, -0.15) is 35.5 Å². The van der Waals surface area contributed by atoms with E-state index in [-0.39, 0.29) is 0 Å². The fourth-order valence-electron chi connectivity index (χ4n) is 1.73. The second-order valence-corrected chi connectivity index (χ2v) is 13.5. The standard InChI is InChI=1S/C14H16PSi/c1-16(2,14-11-7-4-8-12-14)15-13-9-5-3-6-10-13/h3-11,15H,1-2H3/q-1. The van der Waals surface area contributed by atoms with Crippen LogP contribution in [0.15, 0.2) is 54.6 Å². The maximum atomic E-state index is 3.40. The first-order valence-corrected chi connectivity index (χ1v) is 10.5. The number of benzene rings is 2. The highest BCUT2D eigenvalue weighted by Gasteiger charge is 2.19. The summed E-state index contributed by atoms with van der Waals surface area (Å²) in [6.07, 6.45) is 0. The van der Waals surface area contributed by atoms with Crippen molar-refractivity contribution in [1.82, 2.24) is 0 Å². The predicted molar refractivity (Wildman–Crippen MR) is 76.8 cm³/mol. The fraction of sp³-hybridized carbons (Fsp3) is 0.143. The zero-order chi connectivity index (χ0) is 11.4. The highest BCUT2D eigenvalue weighted by molar-refractivity contribution is 7.89. The van der Waals surface area contributed by atoms with Gasteiger partial charge in [-0.25, -0.2) is 0 Å². The van der Waals surface area contributed by atoms with Crippen LogP contribution in [-0.4, -0.2) is 7.74 Å². The van der Waals surface area contributed by atoms with Crippen molar-refractivity contribution in [1.29, 1.82) is 0 Å². The van der Waals surface area contributed by atoms with Crippen LogP contribution in [0, 0.1) is 6.07 Å². The SMILES string of the molecule is C[Si](C)(Pc1ccccc1)c1[c-]cccc1. The molecule has 0 radical (unpaired) electrons. The van der Waals surface area contributed by atoms with Gasteiger partial charge in [-0.3, -0.25) is 0 Å². The summed E-state index contributed by atoms with van der Waals surface area (Å²) in [5.41, 5.74) is 0. The highest BCUT2D eigenvalue weighted by Crippen LogP contribution is 2.25. The summed E-state index contributed by atoms with van der Waals surface area (Å²) in [6.45, 7) is 4.84. The van der Waals surface area contributed by atoms with E-state index in [2.05, 4.69) is 61.6 Å². The van der Waals surface area contributed by atoms with E-state index >= 15 is 0 Å². The van der Waals surface area contributed by atoms with Gasteiger partial charge in [0.05, 0.1) is 7.74 Å². The van der Waals surface area contributed by atoms with Crippen LogP contribution < -0.4 is 10.5 Å². The average molecular weight is 243 g/mol. The molecule has 1 atom stereocenters. The summed E-state index contributed by atoms with van der Waals surface area (Å²) in [4.78, 5) is 0. The second-order valence-electron chi connectivity index (χ2n) is 4.39. The number of hydrogen-bond donors (Lipinski definition) is 0. The lowest BCUT2D eigenvalue weighted by Gasteiger charge is -2.27. The Bertz CT molecular complexity index is 437. The predicted octanol–water partition coefficient (Wildman–Crippen LogP) is 2.90. The molecule has 0 fully saturated rings. The lowest BCUT2D eigenvalue weighted by atomic mass is 10.4. The molecule has 2 heteroatoms. The van der Waals surface area contributed by atoms with E-state index in [1.165, 1.54) is 10.5 Å². The molecule has 0 aliphatic heterocycles. The summed E-state index contributed by atoms with van der Waals surface area (Å²) in [5, 5.41) is 2.90. The molecule has 0 saturated carbocycles. The molecular formula is C14H16PSi-. The molecule has 0 N–H and O–H groups in total. The van der Waals surface area contributed by atoms with Gasteiger partial charge in [0, 0.05) is 0 Å². The van der Waals surface area contributed by atoms with Crippen molar-refractivity contribution >= 4 is 26.4 Å². The van der Waals surface area contributed by atoms with Crippen molar-refractivity contribution in [3.63, 3.8) is 0 Å².